The molecule has 0 fully saturated rings. The molecule has 0 radical (unpaired) electrons. The van der Waals surface area contributed by atoms with Crippen molar-refractivity contribution in [3.05, 3.63) is 16.1 Å². The summed E-state index contributed by atoms with van der Waals surface area (Å²) in [6, 6.07) is 0. The Hall–Kier alpha value is -1.51. The smallest absolute Gasteiger partial charge is 0.308 e. The summed E-state index contributed by atoms with van der Waals surface area (Å²) in [7, 11) is 0. The van der Waals surface area contributed by atoms with Gasteiger partial charge in [0.1, 0.15) is 17.1 Å². The van der Waals surface area contributed by atoms with Gasteiger partial charge in [0.25, 0.3) is 0 Å². The highest BCUT2D eigenvalue weighted by atomic mass is 32.1. The van der Waals surface area contributed by atoms with Gasteiger partial charge in [0, 0.05) is 5.38 Å². The third kappa shape index (κ3) is 3.76. The molecule has 0 saturated carbocycles. The number of thiazole rings is 1. The molecule has 7 nitrogen and oxygen atoms in total. The molecule has 0 aliphatic heterocycles. The average Bonchev–Trinajstić information content (AvgIpc) is 2.77. The first-order valence-corrected chi connectivity index (χ1v) is 6.02. The predicted molar refractivity (Wildman–Crippen MR) is 58.7 cm³/mol. The zero-order valence-corrected chi connectivity index (χ0v) is 10.3. The van der Waals surface area contributed by atoms with Crippen LogP contribution in [-0.2, 0) is 9.53 Å². The molecule has 0 aliphatic carbocycles. The average molecular weight is 274 g/mol. The van der Waals surface area contributed by atoms with E-state index in [-0.39, 0.29) is 17.3 Å². The number of carbonyl (C=O) groups excluding carboxylic acids is 2. The van der Waals surface area contributed by atoms with E-state index in [0.717, 1.165) is 11.3 Å². The van der Waals surface area contributed by atoms with Crippen molar-refractivity contribution in [2.75, 3.05) is 6.61 Å². The normalized spacial score (nSPS) is 13.9. The van der Waals surface area contributed by atoms with Gasteiger partial charge in [-0.2, -0.15) is 0 Å². The van der Waals surface area contributed by atoms with Crippen LogP contribution in [-0.4, -0.2) is 39.8 Å². The maximum atomic E-state index is 11.1. The maximum Gasteiger partial charge on any atom is 0.308 e. The molecular weight excluding hydrogens is 262 g/mol. The number of aromatic nitrogens is 1. The Kier molecular flexibility index (Phi) is 5.20. The third-order valence-electron chi connectivity index (χ3n) is 2.05. The molecule has 18 heavy (non-hydrogen) atoms. The lowest BCUT2D eigenvalue weighted by atomic mass is 10.1. The monoisotopic (exact) mass is 274 g/mol. The van der Waals surface area contributed by atoms with Crippen molar-refractivity contribution in [3.63, 3.8) is 0 Å². The van der Waals surface area contributed by atoms with E-state index < -0.39 is 30.6 Å². The zero-order valence-electron chi connectivity index (χ0n) is 9.53. The second-order valence-electron chi connectivity index (χ2n) is 3.39. The molecule has 2 N–H and O–H groups in total. The van der Waals surface area contributed by atoms with Crippen LogP contribution in [0, 0.1) is 0 Å². The SMILES string of the molecule is CCOC(=O)CC(O)C(O)c1csc(C(=O)[O-])n1. The molecule has 1 aromatic heterocycles. The number of esters is 1. The lowest BCUT2D eigenvalue weighted by molar-refractivity contribution is -0.255. The van der Waals surface area contributed by atoms with Crippen LogP contribution in [0.5, 0.6) is 0 Å². The van der Waals surface area contributed by atoms with Crippen molar-refractivity contribution >= 4 is 23.3 Å². The topological polar surface area (TPSA) is 120 Å². The number of aliphatic hydroxyl groups excluding tert-OH is 2. The van der Waals surface area contributed by atoms with E-state index in [1.54, 1.807) is 6.92 Å². The summed E-state index contributed by atoms with van der Waals surface area (Å²) in [6.07, 6.45) is -3.24. The van der Waals surface area contributed by atoms with Gasteiger partial charge in [-0.05, 0) is 6.92 Å². The van der Waals surface area contributed by atoms with Gasteiger partial charge >= 0.3 is 5.97 Å². The molecular formula is C10H12NO6S-. The summed E-state index contributed by atoms with van der Waals surface area (Å²) < 4.78 is 4.61. The number of carbonyl (C=O) groups is 2. The molecule has 1 heterocycles. The number of rotatable bonds is 6. The molecule has 2 atom stereocenters. The van der Waals surface area contributed by atoms with E-state index in [0.29, 0.717) is 0 Å². The lowest BCUT2D eigenvalue weighted by Gasteiger charge is -2.14. The standard InChI is InChI=1S/C10H13NO6S/c1-2-17-7(13)3-6(12)8(14)5-4-18-9(11-5)10(15)16/h4,6,8,12,14H,2-3H2,1H3,(H,15,16)/p-1. The van der Waals surface area contributed by atoms with Crippen molar-refractivity contribution in [1.29, 1.82) is 0 Å². The van der Waals surface area contributed by atoms with Gasteiger partial charge in [0.15, 0.2) is 0 Å². The van der Waals surface area contributed by atoms with E-state index in [1.165, 1.54) is 5.38 Å². The summed E-state index contributed by atoms with van der Waals surface area (Å²) >= 11 is 0.772. The highest BCUT2D eigenvalue weighted by Crippen LogP contribution is 2.21. The van der Waals surface area contributed by atoms with Crippen LogP contribution < -0.4 is 5.11 Å². The Bertz CT molecular complexity index is 432. The highest BCUT2D eigenvalue weighted by Gasteiger charge is 2.24. The Balaban J connectivity index is 2.64. The van der Waals surface area contributed by atoms with Crippen molar-refractivity contribution < 1.29 is 29.6 Å². The fourth-order valence-corrected chi connectivity index (χ4v) is 1.89. The van der Waals surface area contributed by atoms with Gasteiger partial charge in [-0.25, -0.2) is 4.98 Å². The largest absolute Gasteiger partial charge is 0.542 e. The first kappa shape index (κ1) is 14.6. The molecule has 2 unspecified atom stereocenters. The zero-order chi connectivity index (χ0) is 13.7. The molecule has 0 aromatic carbocycles. The molecule has 0 aliphatic rings. The number of aromatic carboxylic acids is 1. The van der Waals surface area contributed by atoms with Gasteiger partial charge < -0.3 is 24.9 Å². The number of carboxylic acids is 1. The molecule has 100 valence electrons. The third-order valence-corrected chi connectivity index (χ3v) is 2.89. The number of carboxylic acid groups (broad SMARTS) is 1. The van der Waals surface area contributed by atoms with Gasteiger partial charge in [0.05, 0.1) is 24.8 Å². The van der Waals surface area contributed by atoms with Gasteiger partial charge in [-0.15, -0.1) is 11.3 Å². The van der Waals surface area contributed by atoms with E-state index in [9.17, 15) is 24.9 Å². The van der Waals surface area contributed by atoms with Crippen molar-refractivity contribution in [2.24, 2.45) is 0 Å². The fourth-order valence-electron chi connectivity index (χ4n) is 1.22. The molecule has 0 amide bonds. The molecule has 0 bridgehead atoms. The Morgan fingerprint density at radius 1 is 1.56 bits per heavy atom. The summed E-state index contributed by atoms with van der Waals surface area (Å²) in [6.45, 7) is 1.79. The molecule has 1 rings (SSSR count). The maximum absolute atomic E-state index is 11.1. The lowest BCUT2D eigenvalue weighted by Crippen LogP contribution is -2.24. The number of ether oxygens (including phenoxy) is 1. The van der Waals surface area contributed by atoms with Crippen LogP contribution >= 0.6 is 11.3 Å². The van der Waals surface area contributed by atoms with E-state index >= 15 is 0 Å². The Morgan fingerprint density at radius 3 is 2.72 bits per heavy atom. The molecule has 0 saturated heterocycles. The Labute approximate surface area is 107 Å². The number of hydrogen-bond acceptors (Lipinski definition) is 8. The van der Waals surface area contributed by atoms with Crippen LogP contribution in [0.3, 0.4) is 0 Å². The number of hydrogen-bond donors (Lipinski definition) is 2. The molecule has 8 heteroatoms. The van der Waals surface area contributed by atoms with E-state index in [1.807, 2.05) is 0 Å². The highest BCUT2D eigenvalue weighted by molar-refractivity contribution is 7.11. The van der Waals surface area contributed by atoms with Crippen LogP contribution in [0.1, 0.15) is 34.9 Å². The first-order valence-electron chi connectivity index (χ1n) is 5.14. The fraction of sp³-hybridized carbons (Fsp3) is 0.500. The molecule has 0 spiro atoms. The van der Waals surface area contributed by atoms with E-state index in [2.05, 4.69) is 9.72 Å². The Morgan fingerprint density at radius 2 is 2.22 bits per heavy atom. The number of aliphatic hydroxyl groups is 2. The van der Waals surface area contributed by atoms with Crippen LogP contribution in [0.4, 0.5) is 0 Å². The van der Waals surface area contributed by atoms with Gasteiger partial charge in [-0.3, -0.25) is 4.79 Å². The van der Waals surface area contributed by atoms with Crippen molar-refractivity contribution in [3.8, 4) is 0 Å². The quantitative estimate of drug-likeness (QED) is 0.629. The van der Waals surface area contributed by atoms with Crippen molar-refractivity contribution in [1.82, 2.24) is 4.98 Å². The summed E-state index contributed by atoms with van der Waals surface area (Å²) in [5, 5.41) is 30.7. The minimum atomic E-state index is -1.46. The number of nitrogens with zero attached hydrogens (tertiary/aromatic N) is 1. The van der Waals surface area contributed by atoms with Gasteiger partial charge in [0.2, 0.25) is 0 Å². The molecule has 1 aromatic rings. The minimum absolute atomic E-state index is 0.0176. The predicted octanol–water partition coefficient (Wildman–Crippen LogP) is -1.15. The first-order chi connectivity index (χ1) is 8.45. The van der Waals surface area contributed by atoms with Crippen LogP contribution in [0.25, 0.3) is 0 Å². The minimum Gasteiger partial charge on any atom is -0.542 e. The summed E-state index contributed by atoms with van der Waals surface area (Å²) in [4.78, 5) is 25.2. The summed E-state index contributed by atoms with van der Waals surface area (Å²) in [5.74, 6) is -2.11. The summed E-state index contributed by atoms with van der Waals surface area (Å²) in [5.41, 5.74) is -0.0176. The van der Waals surface area contributed by atoms with Crippen LogP contribution in [0.2, 0.25) is 0 Å². The second kappa shape index (κ2) is 6.43. The van der Waals surface area contributed by atoms with Crippen molar-refractivity contribution in [2.45, 2.75) is 25.6 Å². The van der Waals surface area contributed by atoms with Gasteiger partial charge in [-0.1, -0.05) is 0 Å². The van der Waals surface area contributed by atoms with Crippen LogP contribution in [0.15, 0.2) is 5.38 Å². The van der Waals surface area contributed by atoms with E-state index in [4.69, 9.17) is 0 Å². The second-order valence-corrected chi connectivity index (χ2v) is 4.24.